The molecule has 0 bridgehead atoms. The van der Waals surface area contributed by atoms with Crippen LogP contribution >= 0.6 is 0 Å². The molecule has 0 radical (unpaired) electrons. The van der Waals surface area contributed by atoms with Crippen molar-refractivity contribution in [1.82, 2.24) is 10.2 Å². The molecular weight excluding hydrogens is 166 g/mol. The molecule has 1 rings (SSSR count). The average molecular weight is 187 g/mol. The molecule has 1 aliphatic rings. The number of nitrogens with two attached hydrogens (primary N) is 3. The predicted octanol–water partition coefficient (Wildman–Crippen LogP) is -1.80. The summed E-state index contributed by atoms with van der Waals surface area (Å²) in [6.07, 6.45) is 0.803. The first-order valence-corrected chi connectivity index (χ1v) is 4.88. The fraction of sp³-hybridized carbons (Fsp3) is 1.00. The Morgan fingerprint density at radius 1 is 1.38 bits per heavy atom. The highest BCUT2D eigenvalue weighted by Crippen LogP contribution is 2.09. The van der Waals surface area contributed by atoms with Gasteiger partial charge >= 0.3 is 0 Å². The lowest BCUT2D eigenvalue weighted by Gasteiger charge is -2.43. The van der Waals surface area contributed by atoms with E-state index in [2.05, 4.69) is 10.2 Å². The van der Waals surface area contributed by atoms with Gasteiger partial charge in [-0.1, -0.05) is 6.92 Å². The van der Waals surface area contributed by atoms with Gasteiger partial charge in [-0.3, -0.25) is 16.4 Å². The lowest BCUT2D eigenvalue weighted by Crippen LogP contribution is -2.74. The highest BCUT2D eigenvalue weighted by atomic mass is 15.4. The van der Waals surface area contributed by atoms with Crippen LogP contribution in [0.15, 0.2) is 0 Å². The van der Waals surface area contributed by atoms with Crippen molar-refractivity contribution in [2.24, 2.45) is 17.2 Å². The van der Waals surface area contributed by atoms with E-state index in [4.69, 9.17) is 17.2 Å². The summed E-state index contributed by atoms with van der Waals surface area (Å²) >= 11 is 0. The van der Waals surface area contributed by atoms with Crippen LogP contribution in [0.3, 0.4) is 0 Å². The minimum Gasteiger partial charge on any atom is -0.324 e. The van der Waals surface area contributed by atoms with Crippen LogP contribution in [0.25, 0.3) is 0 Å². The van der Waals surface area contributed by atoms with Crippen LogP contribution in [0, 0.1) is 0 Å². The van der Waals surface area contributed by atoms with Crippen LogP contribution in [0.5, 0.6) is 0 Å². The van der Waals surface area contributed by atoms with Gasteiger partial charge in [0.05, 0.1) is 0 Å². The first-order valence-electron chi connectivity index (χ1n) is 4.88. The monoisotopic (exact) mass is 187 g/mol. The van der Waals surface area contributed by atoms with Gasteiger partial charge in [-0.2, -0.15) is 0 Å². The van der Waals surface area contributed by atoms with E-state index < -0.39 is 5.79 Å². The molecule has 0 spiro atoms. The number of rotatable bonds is 3. The Kier molecular flexibility index (Phi) is 3.63. The van der Waals surface area contributed by atoms with E-state index in [9.17, 15) is 0 Å². The van der Waals surface area contributed by atoms with E-state index in [0.29, 0.717) is 0 Å². The number of piperazine rings is 1. The minimum atomic E-state index is -0.850. The second-order valence-corrected chi connectivity index (χ2v) is 3.64. The molecule has 0 aromatic carbocycles. The Bertz CT molecular complexity index is 153. The first kappa shape index (κ1) is 10.9. The van der Waals surface area contributed by atoms with Crippen LogP contribution in [0.4, 0.5) is 0 Å². The van der Waals surface area contributed by atoms with Crippen molar-refractivity contribution in [2.75, 3.05) is 26.2 Å². The van der Waals surface area contributed by atoms with Gasteiger partial charge in [0.15, 0.2) is 0 Å². The maximum Gasteiger partial charge on any atom is 0.136 e. The van der Waals surface area contributed by atoms with Crippen LogP contribution < -0.4 is 22.5 Å². The van der Waals surface area contributed by atoms with Gasteiger partial charge in [0.2, 0.25) is 0 Å². The molecule has 1 heterocycles. The summed E-state index contributed by atoms with van der Waals surface area (Å²) in [4.78, 5) is 2.05. The summed E-state index contributed by atoms with van der Waals surface area (Å²) in [6, 6.07) is -0.161. The topological polar surface area (TPSA) is 93.3 Å². The molecule has 0 aromatic rings. The highest BCUT2D eigenvalue weighted by Gasteiger charge is 2.34. The zero-order valence-corrected chi connectivity index (χ0v) is 8.29. The Labute approximate surface area is 79.6 Å². The number of hydrogen-bond donors (Lipinski definition) is 4. The van der Waals surface area contributed by atoms with Crippen LogP contribution in [-0.4, -0.2) is 42.9 Å². The second kappa shape index (κ2) is 4.34. The molecule has 1 fully saturated rings. The maximum atomic E-state index is 6.00. The Morgan fingerprint density at radius 2 is 1.92 bits per heavy atom. The van der Waals surface area contributed by atoms with Crippen LogP contribution in [0.1, 0.15) is 13.3 Å². The fourth-order valence-electron chi connectivity index (χ4n) is 1.61. The second-order valence-electron chi connectivity index (χ2n) is 3.64. The van der Waals surface area contributed by atoms with Crippen molar-refractivity contribution in [3.8, 4) is 0 Å². The lowest BCUT2D eigenvalue weighted by atomic mass is 10.1. The van der Waals surface area contributed by atoms with Gasteiger partial charge in [-0.15, -0.1) is 0 Å². The van der Waals surface area contributed by atoms with Crippen LogP contribution in [-0.2, 0) is 0 Å². The Balaban J connectivity index is 2.55. The molecule has 0 aliphatic carbocycles. The Morgan fingerprint density at radius 3 is 2.38 bits per heavy atom. The smallest absolute Gasteiger partial charge is 0.136 e. The maximum absolute atomic E-state index is 6.00. The van der Waals surface area contributed by atoms with E-state index in [-0.39, 0.29) is 6.04 Å². The van der Waals surface area contributed by atoms with Crippen molar-refractivity contribution in [1.29, 1.82) is 0 Å². The number of nitrogens with one attached hydrogen (secondary N) is 1. The Hall–Kier alpha value is -0.200. The zero-order valence-electron chi connectivity index (χ0n) is 8.29. The van der Waals surface area contributed by atoms with E-state index >= 15 is 0 Å². The molecule has 0 aromatic heterocycles. The molecule has 0 amide bonds. The lowest BCUT2D eigenvalue weighted by molar-refractivity contribution is 0.0582. The molecule has 1 saturated heterocycles. The molecule has 1 unspecified atom stereocenters. The highest BCUT2D eigenvalue weighted by molar-refractivity contribution is 4.90. The third-order valence-electron chi connectivity index (χ3n) is 2.70. The summed E-state index contributed by atoms with van der Waals surface area (Å²) in [7, 11) is 0. The molecule has 5 nitrogen and oxygen atoms in total. The summed E-state index contributed by atoms with van der Waals surface area (Å²) < 4.78 is 0. The molecule has 78 valence electrons. The third kappa shape index (κ3) is 2.38. The van der Waals surface area contributed by atoms with E-state index in [1.807, 2.05) is 6.92 Å². The van der Waals surface area contributed by atoms with Crippen molar-refractivity contribution >= 4 is 0 Å². The predicted molar refractivity (Wildman–Crippen MR) is 53.8 cm³/mol. The van der Waals surface area contributed by atoms with Gasteiger partial charge in [-0.25, -0.2) is 0 Å². The average Bonchev–Trinajstić information content (AvgIpc) is 2.18. The standard InChI is InChI=1S/C8H21N5/c1-2-7(9)8(10,11)13-5-3-12-4-6-13/h7,12H,2-6,9-11H2,1H3. The number of hydrogen-bond acceptors (Lipinski definition) is 5. The van der Waals surface area contributed by atoms with Gasteiger partial charge in [0.25, 0.3) is 0 Å². The normalized spacial score (nSPS) is 23.1. The van der Waals surface area contributed by atoms with Crippen molar-refractivity contribution in [2.45, 2.75) is 25.2 Å². The van der Waals surface area contributed by atoms with E-state index in [0.717, 1.165) is 32.6 Å². The summed E-state index contributed by atoms with van der Waals surface area (Å²) in [5, 5.41) is 3.25. The molecule has 7 N–H and O–H groups in total. The summed E-state index contributed by atoms with van der Waals surface area (Å²) in [6.45, 7) is 5.63. The molecule has 5 heteroatoms. The van der Waals surface area contributed by atoms with Crippen molar-refractivity contribution in [3.63, 3.8) is 0 Å². The largest absolute Gasteiger partial charge is 0.324 e. The van der Waals surface area contributed by atoms with Gasteiger partial charge in [0.1, 0.15) is 5.79 Å². The quantitative estimate of drug-likeness (QED) is 0.391. The van der Waals surface area contributed by atoms with Crippen LogP contribution in [0.2, 0.25) is 0 Å². The van der Waals surface area contributed by atoms with Gasteiger partial charge in [0, 0.05) is 32.2 Å². The van der Waals surface area contributed by atoms with E-state index in [1.165, 1.54) is 0 Å². The van der Waals surface area contributed by atoms with Crippen molar-refractivity contribution < 1.29 is 0 Å². The number of nitrogens with zero attached hydrogens (tertiary/aromatic N) is 1. The van der Waals surface area contributed by atoms with Crippen molar-refractivity contribution in [3.05, 3.63) is 0 Å². The fourth-order valence-corrected chi connectivity index (χ4v) is 1.61. The third-order valence-corrected chi connectivity index (χ3v) is 2.70. The first-order chi connectivity index (χ1) is 6.09. The van der Waals surface area contributed by atoms with E-state index in [1.54, 1.807) is 0 Å². The SMILES string of the molecule is CCC(N)C(N)(N)N1CCNCC1. The summed E-state index contributed by atoms with van der Waals surface area (Å²) in [5.74, 6) is -0.850. The minimum absolute atomic E-state index is 0.161. The van der Waals surface area contributed by atoms with Gasteiger partial charge in [-0.05, 0) is 6.42 Å². The van der Waals surface area contributed by atoms with Gasteiger partial charge < -0.3 is 11.1 Å². The molecule has 13 heavy (non-hydrogen) atoms. The summed E-state index contributed by atoms with van der Waals surface area (Å²) in [5.41, 5.74) is 17.9. The molecule has 1 aliphatic heterocycles. The molecule has 0 saturated carbocycles. The molecule has 1 atom stereocenters. The zero-order chi connectivity index (χ0) is 9.90. The molecular formula is C8H21N5.